The third-order valence-electron chi connectivity index (χ3n) is 3.23. The molecule has 0 radical (unpaired) electrons. The molecule has 2 aromatic rings. The molecular formula is C16H16N2O3S2. The Kier molecular flexibility index (Phi) is 5.19. The standard InChI is InChI=1S/C16H16N2O3S2/c1-18(2)13-12(9-17)16(23(4)20)22-15(13)14(19)10-5-7-11(21-3)8-6-10/h5-8H,1-4H3. The van der Waals surface area contributed by atoms with Crippen molar-refractivity contribution in [1.29, 1.82) is 5.26 Å². The van der Waals surface area contributed by atoms with Crippen LogP contribution in [0.2, 0.25) is 0 Å². The van der Waals surface area contributed by atoms with E-state index in [1.165, 1.54) is 6.26 Å². The van der Waals surface area contributed by atoms with E-state index in [4.69, 9.17) is 4.74 Å². The Morgan fingerprint density at radius 3 is 2.35 bits per heavy atom. The third-order valence-corrected chi connectivity index (χ3v) is 5.88. The van der Waals surface area contributed by atoms with Crippen LogP contribution in [0.4, 0.5) is 5.69 Å². The summed E-state index contributed by atoms with van der Waals surface area (Å²) in [5.74, 6) is 0.461. The molecule has 23 heavy (non-hydrogen) atoms. The van der Waals surface area contributed by atoms with Crippen molar-refractivity contribution < 1.29 is 13.7 Å². The molecule has 0 N–H and O–H groups in total. The zero-order chi connectivity index (χ0) is 17.1. The number of rotatable bonds is 5. The van der Waals surface area contributed by atoms with Crippen molar-refractivity contribution in [3.05, 3.63) is 40.3 Å². The zero-order valence-electron chi connectivity index (χ0n) is 13.2. The number of hydrogen-bond acceptors (Lipinski definition) is 6. The number of ether oxygens (including phenoxy) is 1. The molecule has 0 aliphatic carbocycles. The highest BCUT2D eigenvalue weighted by molar-refractivity contribution is 7.86. The van der Waals surface area contributed by atoms with Crippen molar-refractivity contribution in [1.82, 2.24) is 0 Å². The van der Waals surface area contributed by atoms with Gasteiger partial charge in [0.2, 0.25) is 5.78 Å². The highest BCUT2D eigenvalue weighted by Crippen LogP contribution is 2.38. The molecule has 1 atom stereocenters. The first-order valence-electron chi connectivity index (χ1n) is 6.67. The third kappa shape index (κ3) is 3.28. The van der Waals surface area contributed by atoms with Crippen LogP contribution in [0.5, 0.6) is 5.75 Å². The van der Waals surface area contributed by atoms with Crippen LogP contribution in [-0.4, -0.2) is 37.5 Å². The molecule has 7 heteroatoms. The minimum absolute atomic E-state index is 0.199. The van der Waals surface area contributed by atoms with Gasteiger partial charge in [-0.3, -0.25) is 9.00 Å². The monoisotopic (exact) mass is 348 g/mol. The van der Waals surface area contributed by atoms with E-state index in [0.717, 1.165) is 11.3 Å². The number of benzene rings is 1. The summed E-state index contributed by atoms with van der Waals surface area (Å²) < 4.78 is 17.4. The number of carbonyl (C=O) groups is 1. The van der Waals surface area contributed by atoms with Crippen molar-refractivity contribution in [3.8, 4) is 11.8 Å². The van der Waals surface area contributed by atoms with Crippen molar-refractivity contribution in [2.45, 2.75) is 4.21 Å². The van der Waals surface area contributed by atoms with Crippen LogP contribution >= 0.6 is 11.3 Å². The van der Waals surface area contributed by atoms with Crippen LogP contribution in [0.15, 0.2) is 28.5 Å². The van der Waals surface area contributed by atoms with Gasteiger partial charge in [0.05, 0.1) is 23.6 Å². The van der Waals surface area contributed by atoms with Gasteiger partial charge in [0.1, 0.15) is 26.5 Å². The number of nitrogens with zero attached hydrogens (tertiary/aromatic N) is 2. The van der Waals surface area contributed by atoms with Crippen LogP contribution in [0.1, 0.15) is 20.8 Å². The van der Waals surface area contributed by atoms with Gasteiger partial charge >= 0.3 is 0 Å². The summed E-state index contributed by atoms with van der Waals surface area (Å²) in [5.41, 5.74) is 1.31. The Balaban J connectivity index is 2.59. The summed E-state index contributed by atoms with van der Waals surface area (Å²) in [6.07, 6.45) is 1.51. The lowest BCUT2D eigenvalue weighted by Gasteiger charge is -2.13. The van der Waals surface area contributed by atoms with E-state index in [2.05, 4.69) is 6.07 Å². The second-order valence-electron chi connectivity index (χ2n) is 4.96. The molecule has 120 valence electrons. The quantitative estimate of drug-likeness (QED) is 0.777. The number of methoxy groups -OCH3 is 1. The molecule has 5 nitrogen and oxygen atoms in total. The average molecular weight is 348 g/mol. The van der Waals surface area contributed by atoms with Gasteiger partial charge < -0.3 is 9.64 Å². The Labute approximate surface area is 141 Å². The molecule has 0 amide bonds. The second-order valence-corrected chi connectivity index (χ2v) is 7.56. The summed E-state index contributed by atoms with van der Waals surface area (Å²) in [7, 11) is 3.75. The van der Waals surface area contributed by atoms with Crippen molar-refractivity contribution in [2.75, 3.05) is 32.4 Å². The zero-order valence-corrected chi connectivity index (χ0v) is 14.9. The first-order chi connectivity index (χ1) is 10.9. The molecule has 0 aliphatic rings. The normalized spacial score (nSPS) is 11.6. The van der Waals surface area contributed by atoms with E-state index < -0.39 is 10.8 Å². The summed E-state index contributed by atoms with van der Waals surface area (Å²) in [5, 5.41) is 9.40. The summed E-state index contributed by atoms with van der Waals surface area (Å²) >= 11 is 1.11. The number of nitriles is 1. The predicted octanol–water partition coefficient (Wildman–Crippen LogP) is 2.66. The van der Waals surface area contributed by atoms with Gasteiger partial charge in [0, 0.05) is 25.9 Å². The molecule has 1 aromatic heterocycles. The van der Waals surface area contributed by atoms with E-state index in [-0.39, 0.29) is 5.78 Å². The molecule has 1 aromatic carbocycles. The fraction of sp³-hybridized carbons (Fsp3) is 0.250. The molecule has 0 saturated carbocycles. The topological polar surface area (TPSA) is 70.4 Å². The lowest BCUT2D eigenvalue weighted by molar-refractivity contribution is 0.104. The molecule has 1 unspecified atom stereocenters. The van der Waals surface area contributed by atoms with Crippen molar-refractivity contribution >= 4 is 33.6 Å². The van der Waals surface area contributed by atoms with Gasteiger partial charge in [-0.05, 0) is 24.3 Å². The SMILES string of the molecule is COc1ccc(C(=O)c2sc(S(C)=O)c(C#N)c2N(C)C)cc1. The van der Waals surface area contributed by atoms with Crippen molar-refractivity contribution in [3.63, 3.8) is 0 Å². The van der Waals surface area contributed by atoms with Crippen LogP contribution in [-0.2, 0) is 10.8 Å². The minimum Gasteiger partial charge on any atom is -0.497 e. The largest absolute Gasteiger partial charge is 0.497 e. The molecule has 0 aliphatic heterocycles. The van der Waals surface area contributed by atoms with Gasteiger partial charge in [0.25, 0.3) is 0 Å². The minimum atomic E-state index is -1.33. The van der Waals surface area contributed by atoms with Gasteiger partial charge in [-0.15, -0.1) is 11.3 Å². The van der Waals surface area contributed by atoms with Crippen LogP contribution < -0.4 is 9.64 Å². The van der Waals surface area contributed by atoms with E-state index >= 15 is 0 Å². The molecule has 0 saturated heterocycles. The summed E-state index contributed by atoms with van der Waals surface area (Å²) in [6, 6.07) is 8.84. The highest BCUT2D eigenvalue weighted by atomic mass is 32.2. The maximum atomic E-state index is 12.8. The Hall–Kier alpha value is -2.17. The Morgan fingerprint density at radius 1 is 1.30 bits per heavy atom. The van der Waals surface area contributed by atoms with E-state index in [0.29, 0.717) is 31.7 Å². The summed E-state index contributed by atoms with van der Waals surface area (Å²) in [4.78, 5) is 14.9. The Morgan fingerprint density at radius 2 is 1.91 bits per heavy atom. The summed E-state index contributed by atoms with van der Waals surface area (Å²) in [6.45, 7) is 0. The molecule has 0 spiro atoms. The highest BCUT2D eigenvalue weighted by Gasteiger charge is 2.26. The average Bonchev–Trinajstić information content (AvgIpc) is 2.94. The molecule has 0 fully saturated rings. The maximum Gasteiger partial charge on any atom is 0.205 e. The predicted molar refractivity (Wildman–Crippen MR) is 92.1 cm³/mol. The molecular weight excluding hydrogens is 332 g/mol. The Bertz CT molecular complexity index is 802. The van der Waals surface area contributed by atoms with E-state index in [9.17, 15) is 14.3 Å². The number of carbonyl (C=O) groups excluding carboxylic acids is 1. The smallest absolute Gasteiger partial charge is 0.205 e. The lowest BCUT2D eigenvalue weighted by Crippen LogP contribution is -2.13. The first kappa shape index (κ1) is 17.2. The van der Waals surface area contributed by atoms with Gasteiger partial charge in [-0.2, -0.15) is 5.26 Å². The maximum absolute atomic E-state index is 12.8. The second kappa shape index (κ2) is 6.94. The molecule has 0 bridgehead atoms. The van der Waals surface area contributed by atoms with E-state index in [1.54, 1.807) is 50.4 Å². The fourth-order valence-corrected chi connectivity index (χ4v) is 4.33. The van der Waals surface area contributed by atoms with Gasteiger partial charge in [0.15, 0.2) is 0 Å². The number of ketones is 1. The fourth-order valence-electron chi connectivity index (χ4n) is 2.16. The van der Waals surface area contributed by atoms with Crippen molar-refractivity contribution in [2.24, 2.45) is 0 Å². The lowest BCUT2D eigenvalue weighted by atomic mass is 10.1. The number of hydrogen-bond donors (Lipinski definition) is 0. The van der Waals surface area contributed by atoms with Gasteiger partial charge in [-0.25, -0.2) is 0 Å². The van der Waals surface area contributed by atoms with Gasteiger partial charge in [-0.1, -0.05) is 0 Å². The molecule has 2 rings (SSSR count). The van der Waals surface area contributed by atoms with Crippen LogP contribution in [0.3, 0.4) is 0 Å². The number of anilines is 1. The van der Waals surface area contributed by atoms with Crippen LogP contribution in [0, 0.1) is 11.3 Å². The number of thiophene rings is 1. The van der Waals surface area contributed by atoms with E-state index in [1.807, 2.05) is 0 Å². The van der Waals surface area contributed by atoms with Crippen LogP contribution in [0.25, 0.3) is 0 Å². The molecule has 1 heterocycles. The first-order valence-corrected chi connectivity index (χ1v) is 9.04.